The van der Waals surface area contributed by atoms with Crippen LogP contribution in [-0.4, -0.2) is 37.2 Å². The topological polar surface area (TPSA) is 97.0 Å². The van der Waals surface area contributed by atoms with Gasteiger partial charge in [0.05, 0.1) is 24.5 Å². The average molecular weight is 332 g/mol. The molecule has 8 heteroatoms. The third-order valence-corrected chi connectivity index (χ3v) is 4.40. The van der Waals surface area contributed by atoms with E-state index in [1.165, 1.54) is 19.3 Å². The number of hydrogen-bond acceptors (Lipinski definition) is 4. The normalized spacial score (nSPS) is 16.8. The van der Waals surface area contributed by atoms with Crippen LogP contribution >= 0.6 is 0 Å². The predicted octanol–water partition coefficient (Wildman–Crippen LogP) is 1.98. The molecule has 0 saturated heterocycles. The number of hydrogen-bond donors (Lipinski definition) is 3. The minimum Gasteiger partial charge on any atom is -0.386 e. The Morgan fingerprint density at radius 3 is 2.88 bits per heavy atom. The van der Waals surface area contributed by atoms with Gasteiger partial charge in [0.2, 0.25) is 0 Å². The number of aliphatic hydroxyl groups excluding tert-OH is 1. The van der Waals surface area contributed by atoms with E-state index in [9.17, 15) is 9.90 Å². The molecule has 130 valence electrons. The fourth-order valence-electron chi connectivity index (χ4n) is 3.11. The number of aromatic nitrogens is 4. The number of urea groups is 1. The molecule has 0 aromatic carbocycles. The third kappa shape index (κ3) is 3.94. The molecule has 1 aliphatic carbocycles. The average Bonchev–Trinajstić information content (AvgIpc) is 3.22. The lowest BCUT2D eigenvalue weighted by Crippen LogP contribution is -2.33. The molecular formula is C16H24N6O2. The zero-order valence-corrected chi connectivity index (χ0v) is 13.9. The fourth-order valence-corrected chi connectivity index (χ4v) is 3.11. The first-order valence-electron chi connectivity index (χ1n) is 8.38. The van der Waals surface area contributed by atoms with Crippen LogP contribution in [-0.2, 0) is 7.05 Å². The number of aryl methyl sites for hydroxylation is 1. The van der Waals surface area contributed by atoms with Crippen molar-refractivity contribution in [3.8, 4) is 0 Å². The van der Waals surface area contributed by atoms with Gasteiger partial charge in [0.25, 0.3) is 0 Å². The molecule has 2 aromatic rings. The van der Waals surface area contributed by atoms with Gasteiger partial charge in [-0.2, -0.15) is 10.2 Å². The number of amides is 2. The predicted molar refractivity (Wildman–Crippen MR) is 89.5 cm³/mol. The zero-order chi connectivity index (χ0) is 16.9. The summed E-state index contributed by atoms with van der Waals surface area (Å²) in [5, 5.41) is 23.9. The highest BCUT2D eigenvalue weighted by molar-refractivity contribution is 5.88. The molecule has 3 N–H and O–H groups in total. The van der Waals surface area contributed by atoms with Crippen LogP contribution in [0.1, 0.15) is 49.8 Å². The molecule has 2 aromatic heterocycles. The summed E-state index contributed by atoms with van der Waals surface area (Å²) >= 11 is 0. The van der Waals surface area contributed by atoms with Crippen molar-refractivity contribution in [2.24, 2.45) is 7.05 Å². The second-order valence-electron chi connectivity index (χ2n) is 6.25. The minimum atomic E-state index is -0.785. The highest BCUT2D eigenvalue weighted by Crippen LogP contribution is 2.29. The first kappa shape index (κ1) is 16.5. The smallest absolute Gasteiger partial charge is 0.320 e. The Balaban J connectivity index is 1.53. The summed E-state index contributed by atoms with van der Waals surface area (Å²) in [7, 11) is 1.78. The fraction of sp³-hybridized carbons (Fsp3) is 0.562. The first-order valence-corrected chi connectivity index (χ1v) is 8.38. The van der Waals surface area contributed by atoms with E-state index in [4.69, 9.17) is 0 Å². The van der Waals surface area contributed by atoms with Crippen LogP contribution in [0.5, 0.6) is 0 Å². The quantitative estimate of drug-likeness (QED) is 0.780. The molecule has 0 unspecified atom stereocenters. The molecule has 0 aliphatic heterocycles. The Kier molecular flexibility index (Phi) is 5.14. The van der Waals surface area contributed by atoms with E-state index in [-0.39, 0.29) is 12.6 Å². The van der Waals surface area contributed by atoms with Crippen molar-refractivity contribution >= 4 is 11.8 Å². The van der Waals surface area contributed by atoms with Crippen LogP contribution in [0.4, 0.5) is 10.6 Å². The van der Waals surface area contributed by atoms with Crippen LogP contribution in [0.2, 0.25) is 0 Å². The van der Waals surface area contributed by atoms with E-state index < -0.39 is 6.10 Å². The number of carbonyl (C=O) groups excluding carboxylic acids is 1. The molecule has 0 radical (unpaired) electrons. The Morgan fingerprint density at radius 2 is 2.17 bits per heavy atom. The van der Waals surface area contributed by atoms with Crippen molar-refractivity contribution in [3.63, 3.8) is 0 Å². The van der Waals surface area contributed by atoms with Gasteiger partial charge in [-0.1, -0.05) is 19.3 Å². The van der Waals surface area contributed by atoms with Crippen molar-refractivity contribution in [2.75, 3.05) is 11.9 Å². The van der Waals surface area contributed by atoms with Crippen LogP contribution in [0.3, 0.4) is 0 Å². The number of nitrogens with zero attached hydrogens (tertiary/aromatic N) is 4. The maximum Gasteiger partial charge on any atom is 0.320 e. The standard InChI is InChI=1S/C16H24N6O2/c1-21-11-12(9-19-21)14(23)10-17-16(24)20-15-7-8-18-22(15)13-5-3-2-4-6-13/h7-9,11,13-14,23H,2-6,10H2,1H3,(H2,17,20,24)/t14-/m1/s1. The lowest BCUT2D eigenvalue weighted by Gasteiger charge is -2.24. The highest BCUT2D eigenvalue weighted by atomic mass is 16.3. The van der Waals surface area contributed by atoms with Gasteiger partial charge in [-0.25, -0.2) is 9.48 Å². The third-order valence-electron chi connectivity index (χ3n) is 4.40. The van der Waals surface area contributed by atoms with Gasteiger partial charge in [-0.15, -0.1) is 0 Å². The van der Waals surface area contributed by atoms with Crippen molar-refractivity contribution in [3.05, 3.63) is 30.2 Å². The van der Waals surface area contributed by atoms with Gasteiger partial charge in [-0.05, 0) is 12.8 Å². The van der Waals surface area contributed by atoms with Crippen molar-refractivity contribution in [2.45, 2.75) is 44.2 Å². The molecule has 1 aliphatic rings. The minimum absolute atomic E-state index is 0.120. The Labute approximate surface area is 140 Å². The maximum absolute atomic E-state index is 12.1. The molecular weight excluding hydrogens is 308 g/mol. The maximum atomic E-state index is 12.1. The summed E-state index contributed by atoms with van der Waals surface area (Å²) < 4.78 is 3.51. The van der Waals surface area contributed by atoms with E-state index >= 15 is 0 Å². The van der Waals surface area contributed by atoms with Gasteiger partial charge in [0.15, 0.2) is 0 Å². The van der Waals surface area contributed by atoms with E-state index in [0.717, 1.165) is 12.8 Å². The second kappa shape index (κ2) is 7.48. The summed E-state index contributed by atoms with van der Waals surface area (Å²) in [5.41, 5.74) is 0.671. The molecule has 1 atom stereocenters. The molecule has 2 heterocycles. The monoisotopic (exact) mass is 332 g/mol. The lowest BCUT2D eigenvalue weighted by atomic mass is 9.96. The molecule has 1 saturated carbocycles. The highest BCUT2D eigenvalue weighted by Gasteiger charge is 2.19. The Morgan fingerprint density at radius 1 is 1.38 bits per heavy atom. The number of aliphatic hydroxyl groups is 1. The van der Waals surface area contributed by atoms with Gasteiger partial charge >= 0.3 is 6.03 Å². The summed E-state index contributed by atoms with van der Waals surface area (Å²) in [5.74, 6) is 0.690. The van der Waals surface area contributed by atoms with E-state index in [0.29, 0.717) is 17.4 Å². The number of rotatable bonds is 5. The van der Waals surface area contributed by atoms with Gasteiger partial charge in [-0.3, -0.25) is 10.00 Å². The van der Waals surface area contributed by atoms with Crippen LogP contribution in [0.15, 0.2) is 24.7 Å². The number of carbonyl (C=O) groups is 1. The number of anilines is 1. The lowest BCUT2D eigenvalue weighted by molar-refractivity contribution is 0.175. The summed E-state index contributed by atoms with van der Waals surface area (Å²) in [6.07, 6.45) is 10.1. The zero-order valence-electron chi connectivity index (χ0n) is 13.9. The number of nitrogens with one attached hydrogen (secondary N) is 2. The van der Waals surface area contributed by atoms with E-state index in [1.807, 2.05) is 4.68 Å². The molecule has 0 spiro atoms. The van der Waals surface area contributed by atoms with Crippen LogP contribution in [0.25, 0.3) is 0 Å². The SMILES string of the molecule is Cn1cc([C@H](O)CNC(=O)Nc2ccnn2C2CCCCC2)cn1. The molecule has 0 bridgehead atoms. The van der Waals surface area contributed by atoms with Crippen molar-refractivity contribution < 1.29 is 9.90 Å². The summed E-state index contributed by atoms with van der Waals surface area (Å²) in [6.45, 7) is 0.120. The summed E-state index contributed by atoms with van der Waals surface area (Å²) in [4.78, 5) is 12.1. The largest absolute Gasteiger partial charge is 0.386 e. The van der Waals surface area contributed by atoms with Gasteiger partial charge in [0.1, 0.15) is 5.82 Å². The first-order chi connectivity index (χ1) is 11.6. The van der Waals surface area contributed by atoms with E-state index in [2.05, 4.69) is 20.8 Å². The van der Waals surface area contributed by atoms with Crippen LogP contribution in [0, 0.1) is 0 Å². The molecule has 2 amide bonds. The Hall–Kier alpha value is -2.35. The van der Waals surface area contributed by atoms with E-state index in [1.54, 1.807) is 36.4 Å². The molecule has 8 nitrogen and oxygen atoms in total. The van der Waals surface area contributed by atoms with Gasteiger partial charge < -0.3 is 10.4 Å². The van der Waals surface area contributed by atoms with Crippen molar-refractivity contribution in [1.82, 2.24) is 24.9 Å². The summed E-state index contributed by atoms with van der Waals surface area (Å²) in [6, 6.07) is 1.80. The van der Waals surface area contributed by atoms with Crippen LogP contribution < -0.4 is 10.6 Å². The van der Waals surface area contributed by atoms with Gasteiger partial charge in [0, 0.05) is 31.4 Å². The molecule has 1 fully saturated rings. The van der Waals surface area contributed by atoms with Crippen molar-refractivity contribution in [1.29, 1.82) is 0 Å². The Bertz CT molecular complexity index is 674. The molecule has 3 rings (SSSR count). The molecule has 24 heavy (non-hydrogen) atoms. The second-order valence-corrected chi connectivity index (χ2v) is 6.25.